The number of piperazine rings is 1. The minimum Gasteiger partial charge on any atom is -0.340 e. The summed E-state index contributed by atoms with van der Waals surface area (Å²) in [5, 5.41) is 0. The van der Waals surface area contributed by atoms with Gasteiger partial charge in [-0.3, -0.25) is 4.79 Å². The number of amides is 1. The molecule has 1 amide bonds. The van der Waals surface area contributed by atoms with Crippen molar-refractivity contribution in [3.63, 3.8) is 0 Å². The Morgan fingerprint density at radius 1 is 1.17 bits per heavy atom. The summed E-state index contributed by atoms with van der Waals surface area (Å²) < 4.78 is 52.6. The van der Waals surface area contributed by atoms with E-state index in [9.17, 15) is 22.0 Å². The van der Waals surface area contributed by atoms with Crippen molar-refractivity contribution in [1.29, 1.82) is 0 Å². The van der Waals surface area contributed by atoms with Crippen LogP contribution in [-0.4, -0.2) is 56.3 Å². The van der Waals surface area contributed by atoms with Gasteiger partial charge < -0.3 is 10.6 Å². The third kappa shape index (κ3) is 4.62. The lowest BCUT2D eigenvalue weighted by molar-refractivity contribution is -0.132. The molecule has 136 valence electrons. The third-order valence-corrected chi connectivity index (χ3v) is 5.63. The second-order valence-electron chi connectivity index (χ2n) is 5.25. The van der Waals surface area contributed by atoms with Gasteiger partial charge in [-0.05, 0) is 25.1 Å². The summed E-state index contributed by atoms with van der Waals surface area (Å²) in [4.78, 5) is 12.9. The summed E-state index contributed by atoms with van der Waals surface area (Å²) in [6.45, 7) is 1.06. The van der Waals surface area contributed by atoms with Crippen molar-refractivity contribution in [2.75, 3.05) is 32.7 Å². The van der Waals surface area contributed by atoms with E-state index in [2.05, 4.69) is 0 Å². The molecule has 0 aromatic heterocycles. The van der Waals surface area contributed by atoms with Crippen molar-refractivity contribution < 1.29 is 22.0 Å². The second-order valence-corrected chi connectivity index (χ2v) is 7.16. The fraction of sp³-hybridized carbons (Fsp3) is 0.500. The van der Waals surface area contributed by atoms with Crippen LogP contribution >= 0.6 is 12.4 Å². The smallest absolute Gasteiger partial charge is 0.246 e. The molecule has 0 bridgehead atoms. The highest BCUT2D eigenvalue weighted by molar-refractivity contribution is 7.89. The van der Waals surface area contributed by atoms with Gasteiger partial charge in [0.25, 0.3) is 0 Å². The van der Waals surface area contributed by atoms with Crippen LogP contribution in [0, 0.1) is 11.6 Å². The Balaban J connectivity index is 0.00000288. The zero-order valence-corrected chi connectivity index (χ0v) is 14.6. The molecule has 10 heteroatoms. The van der Waals surface area contributed by atoms with E-state index in [0.717, 1.165) is 16.4 Å². The van der Waals surface area contributed by atoms with Gasteiger partial charge in [-0.25, -0.2) is 17.2 Å². The molecule has 6 nitrogen and oxygen atoms in total. The van der Waals surface area contributed by atoms with Crippen molar-refractivity contribution >= 4 is 28.3 Å². The number of nitrogens with two attached hydrogens (primary N) is 1. The second kappa shape index (κ2) is 8.70. The number of sulfonamides is 1. The van der Waals surface area contributed by atoms with Crippen LogP contribution in [0.15, 0.2) is 23.1 Å². The van der Waals surface area contributed by atoms with Crippen molar-refractivity contribution in [1.82, 2.24) is 9.21 Å². The average molecular weight is 384 g/mol. The van der Waals surface area contributed by atoms with Gasteiger partial charge in [0, 0.05) is 38.7 Å². The first kappa shape index (κ1) is 20.8. The maximum Gasteiger partial charge on any atom is 0.246 e. The Kier molecular flexibility index (Phi) is 7.53. The minimum atomic E-state index is -4.04. The molecule has 0 saturated carbocycles. The number of carbonyl (C=O) groups is 1. The van der Waals surface area contributed by atoms with E-state index in [-0.39, 0.29) is 44.5 Å². The van der Waals surface area contributed by atoms with Crippen LogP contribution < -0.4 is 5.73 Å². The third-order valence-electron chi connectivity index (χ3n) is 3.70. The number of hydrogen-bond acceptors (Lipinski definition) is 4. The number of nitrogens with zero attached hydrogens (tertiary/aromatic N) is 2. The zero-order valence-electron chi connectivity index (χ0n) is 13.0. The number of benzene rings is 1. The summed E-state index contributed by atoms with van der Waals surface area (Å²) in [7, 11) is -4.04. The molecule has 0 atom stereocenters. The lowest BCUT2D eigenvalue weighted by Crippen LogP contribution is -2.50. The Hall–Kier alpha value is -1.29. The number of halogens is 3. The predicted molar refractivity (Wildman–Crippen MR) is 87.2 cm³/mol. The average Bonchev–Trinajstić information content (AvgIpc) is 2.52. The van der Waals surface area contributed by atoms with E-state index >= 15 is 0 Å². The van der Waals surface area contributed by atoms with E-state index in [1.165, 1.54) is 0 Å². The molecule has 1 saturated heterocycles. The first-order valence-corrected chi connectivity index (χ1v) is 8.73. The molecular formula is C14H20ClF2N3O3S. The summed E-state index contributed by atoms with van der Waals surface area (Å²) in [5.41, 5.74) is 5.35. The SMILES string of the molecule is Cl.NCCCC(=O)N1CCN(S(=O)(=O)c2ccc(F)cc2F)CC1. The molecule has 1 aliphatic rings. The predicted octanol–water partition coefficient (Wildman–Crippen LogP) is 0.958. The Morgan fingerprint density at radius 3 is 2.33 bits per heavy atom. The summed E-state index contributed by atoms with van der Waals surface area (Å²) in [6.07, 6.45) is 0.911. The first-order valence-electron chi connectivity index (χ1n) is 7.29. The van der Waals surface area contributed by atoms with E-state index in [0.29, 0.717) is 25.5 Å². The van der Waals surface area contributed by atoms with Crippen molar-refractivity contribution in [2.45, 2.75) is 17.7 Å². The molecule has 0 radical (unpaired) electrons. The topological polar surface area (TPSA) is 83.7 Å². The molecule has 2 rings (SSSR count). The van der Waals surface area contributed by atoms with Crippen LogP contribution in [0.2, 0.25) is 0 Å². The van der Waals surface area contributed by atoms with Gasteiger partial charge in [0.05, 0.1) is 0 Å². The summed E-state index contributed by atoms with van der Waals surface area (Å²) >= 11 is 0. The van der Waals surface area contributed by atoms with Gasteiger partial charge in [0.2, 0.25) is 15.9 Å². The van der Waals surface area contributed by atoms with Gasteiger partial charge in [0.15, 0.2) is 0 Å². The number of carbonyl (C=O) groups excluding carboxylic acids is 1. The van der Waals surface area contributed by atoms with E-state index in [4.69, 9.17) is 5.73 Å². The number of hydrogen-bond donors (Lipinski definition) is 1. The standard InChI is InChI=1S/C14H19F2N3O3S.ClH/c15-11-3-4-13(12(16)10-11)23(21,22)19-8-6-18(7-9-19)14(20)2-1-5-17;/h3-4,10H,1-2,5-9,17H2;1H. The number of rotatable bonds is 5. The van der Waals surface area contributed by atoms with Crippen molar-refractivity contribution in [3.8, 4) is 0 Å². The van der Waals surface area contributed by atoms with Crippen LogP contribution in [0.1, 0.15) is 12.8 Å². The molecule has 0 aliphatic carbocycles. The van der Waals surface area contributed by atoms with Crippen LogP contribution in [-0.2, 0) is 14.8 Å². The quantitative estimate of drug-likeness (QED) is 0.820. The molecule has 1 heterocycles. The fourth-order valence-corrected chi connectivity index (χ4v) is 3.88. The molecule has 1 aliphatic heterocycles. The normalized spacial score (nSPS) is 15.9. The lowest BCUT2D eigenvalue weighted by atomic mass is 10.2. The fourth-order valence-electron chi connectivity index (χ4n) is 2.41. The maximum absolute atomic E-state index is 13.7. The van der Waals surface area contributed by atoms with Gasteiger partial charge in [-0.15, -0.1) is 12.4 Å². The Morgan fingerprint density at radius 2 is 1.79 bits per heavy atom. The van der Waals surface area contributed by atoms with Crippen LogP contribution in [0.25, 0.3) is 0 Å². The van der Waals surface area contributed by atoms with Crippen LogP contribution in [0.4, 0.5) is 8.78 Å². The van der Waals surface area contributed by atoms with Crippen LogP contribution in [0.3, 0.4) is 0 Å². The molecule has 0 unspecified atom stereocenters. The molecule has 1 aromatic rings. The van der Waals surface area contributed by atoms with Crippen LogP contribution in [0.5, 0.6) is 0 Å². The summed E-state index contributed by atoms with van der Waals surface area (Å²) in [5.74, 6) is -2.02. The highest BCUT2D eigenvalue weighted by atomic mass is 35.5. The lowest BCUT2D eigenvalue weighted by Gasteiger charge is -2.34. The van der Waals surface area contributed by atoms with E-state index in [1.807, 2.05) is 0 Å². The van der Waals surface area contributed by atoms with Gasteiger partial charge in [-0.1, -0.05) is 0 Å². The molecule has 24 heavy (non-hydrogen) atoms. The monoisotopic (exact) mass is 383 g/mol. The Labute approximate surface area is 146 Å². The minimum absolute atomic E-state index is 0. The zero-order chi connectivity index (χ0) is 17.0. The molecule has 1 aromatic carbocycles. The van der Waals surface area contributed by atoms with Crippen molar-refractivity contribution in [2.24, 2.45) is 5.73 Å². The largest absolute Gasteiger partial charge is 0.340 e. The first-order chi connectivity index (χ1) is 10.9. The van der Waals surface area contributed by atoms with E-state index in [1.54, 1.807) is 4.90 Å². The van der Waals surface area contributed by atoms with Gasteiger partial charge in [0.1, 0.15) is 16.5 Å². The Bertz CT molecular complexity index is 680. The highest BCUT2D eigenvalue weighted by Gasteiger charge is 2.31. The molecule has 2 N–H and O–H groups in total. The van der Waals surface area contributed by atoms with Crippen molar-refractivity contribution in [3.05, 3.63) is 29.8 Å². The molecule has 1 fully saturated rings. The summed E-state index contributed by atoms with van der Waals surface area (Å²) in [6, 6.07) is 2.36. The van der Waals surface area contributed by atoms with E-state index < -0.39 is 26.6 Å². The van der Waals surface area contributed by atoms with Gasteiger partial charge in [-0.2, -0.15) is 4.31 Å². The van der Waals surface area contributed by atoms with Gasteiger partial charge >= 0.3 is 0 Å². The molecular weight excluding hydrogens is 364 g/mol. The highest BCUT2D eigenvalue weighted by Crippen LogP contribution is 2.21. The molecule has 0 spiro atoms. The maximum atomic E-state index is 13.7.